The van der Waals surface area contributed by atoms with Gasteiger partial charge in [0, 0.05) is 6.20 Å². The van der Waals surface area contributed by atoms with Gasteiger partial charge in [-0.05, 0) is 42.1 Å². The molecule has 2 heterocycles. The molecule has 6 heteroatoms. The highest BCUT2D eigenvalue weighted by Gasteiger charge is 2.59. The van der Waals surface area contributed by atoms with Gasteiger partial charge in [0.1, 0.15) is 5.69 Å². The summed E-state index contributed by atoms with van der Waals surface area (Å²) in [5, 5.41) is 10.8. The molecule has 0 aromatic carbocycles. The lowest BCUT2D eigenvalue weighted by Gasteiger charge is -2.43. The summed E-state index contributed by atoms with van der Waals surface area (Å²) < 4.78 is 7.12. The number of methoxy groups -OCH3 is 1. The molecule has 5 nitrogen and oxygen atoms in total. The van der Waals surface area contributed by atoms with Crippen molar-refractivity contribution < 1.29 is 14.6 Å². The molecule has 1 aromatic rings. The van der Waals surface area contributed by atoms with Crippen molar-refractivity contribution in [3.63, 3.8) is 0 Å². The number of carbonyl (C=O) groups excluding carboxylic acids is 1. The van der Waals surface area contributed by atoms with E-state index in [2.05, 4.69) is 15.9 Å². The molecule has 2 unspecified atom stereocenters. The third-order valence-corrected chi connectivity index (χ3v) is 5.41. The fraction of sp³-hybridized carbons (Fsp3) is 0.571. The van der Waals surface area contributed by atoms with Gasteiger partial charge in [-0.1, -0.05) is 0 Å². The number of aromatic nitrogens is 1. The Morgan fingerprint density at radius 2 is 2.10 bits per heavy atom. The molecule has 0 amide bonds. The summed E-state index contributed by atoms with van der Waals surface area (Å²) in [6.45, 7) is 2.09. The first kappa shape index (κ1) is 13.8. The molecule has 1 fully saturated rings. The van der Waals surface area contributed by atoms with E-state index in [0.29, 0.717) is 23.9 Å². The van der Waals surface area contributed by atoms with Gasteiger partial charge in [0.05, 0.1) is 29.1 Å². The van der Waals surface area contributed by atoms with Crippen LogP contribution in [0.2, 0.25) is 0 Å². The van der Waals surface area contributed by atoms with E-state index in [4.69, 9.17) is 4.74 Å². The Bertz CT molecular complexity index is 668. The SMILES string of the molecule is COc1c2n(cc(Br)c1=O)CC1(O)CCCC1(C)C2=O. The van der Waals surface area contributed by atoms with Gasteiger partial charge in [0.15, 0.2) is 11.5 Å². The molecule has 2 aliphatic rings. The number of nitrogens with zero attached hydrogens (tertiary/aromatic N) is 1. The number of hydrogen-bond acceptors (Lipinski definition) is 4. The van der Waals surface area contributed by atoms with Crippen molar-refractivity contribution in [1.29, 1.82) is 0 Å². The van der Waals surface area contributed by atoms with Crippen molar-refractivity contribution in [3.8, 4) is 5.75 Å². The number of aliphatic hydroxyl groups is 1. The predicted molar refractivity (Wildman–Crippen MR) is 76.2 cm³/mol. The third kappa shape index (κ3) is 1.52. The number of ether oxygens (including phenoxy) is 1. The lowest BCUT2D eigenvalue weighted by Crippen LogP contribution is -2.55. The van der Waals surface area contributed by atoms with E-state index < -0.39 is 11.0 Å². The monoisotopic (exact) mass is 341 g/mol. The number of carbonyl (C=O) groups is 1. The highest BCUT2D eigenvalue weighted by Crippen LogP contribution is 2.52. The molecular weight excluding hydrogens is 326 g/mol. The highest BCUT2D eigenvalue weighted by atomic mass is 79.9. The maximum atomic E-state index is 12.9. The minimum atomic E-state index is -1.05. The predicted octanol–water partition coefficient (Wildman–Crippen LogP) is 1.74. The average Bonchev–Trinajstić information content (AvgIpc) is 2.69. The molecular formula is C14H16BrNO4. The third-order valence-electron chi connectivity index (χ3n) is 4.84. The number of fused-ring (bicyclic) bond motifs is 2. The van der Waals surface area contributed by atoms with Crippen molar-refractivity contribution in [2.75, 3.05) is 7.11 Å². The summed E-state index contributed by atoms with van der Waals surface area (Å²) in [5.41, 5.74) is -1.94. The highest BCUT2D eigenvalue weighted by molar-refractivity contribution is 9.10. The summed E-state index contributed by atoms with van der Waals surface area (Å²) in [5.74, 6) is -0.148. The van der Waals surface area contributed by atoms with Crippen LogP contribution in [0.4, 0.5) is 0 Å². The fourth-order valence-electron chi connectivity index (χ4n) is 3.52. The number of pyridine rings is 1. The summed E-state index contributed by atoms with van der Waals surface area (Å²) in [7, 11) is 1.38. The average molecular weight is 342 g/mol. The first-order chi connectivity index (χ1) is 9.34. The van der Waals surface area contributed by atoms with Gasteiger partial charge in [0.2, 0.25) is 5.43 Å². The van der Waals surface area contributed by atoms with Crippen LogP contribution in [0, 0.1) is 5.41 Å². The second-order valence-electron chi connectivity index (χ2n) is 5.86. The molecule has 2 atom stereocenters. The van der Waals surface area contributed by atoms with Crippen LogP contribution in [-0.4, -0.2) is 28.2 Å². The van der Waals surface area contributed by atoms with Gasteiger partial charge in [0.25, 0.3) is 0 Å². The maximum absolute atomic E-state index is 12.9. The topological polar surface area (TPSA) is 68.5 Å². The second-order valence-corrected chi connectivity index (χ2v) is 6.72. The van der Waals surface area contributed by atoms with Crippen molar-refractivity contribution in [1.82, 2.24) is 4.57 Å². The number of rotatable bonds is 1. The van der Waals surface area contributed by atoms with E-state index in [1.807, 2.05) is 0 Å². The quantitative estimate of drug-likeness (QED) is 0.844. The largest absolute Gasteiger partial charge is 0.491 e. The number of ketones is 1. The van der Waals surface area contributed by atoms with Crippen molar-refractivity contribution in [2.45, 2.75) is 38.3 Å². The Hall–Kier alpha value is -1.14. The molecule has 108 valence electrons. The zero-order valence-corrected chi connectivity index (χ0v) is 13.0. The molecule has 1 aliphatic heterocycles. The first-order valence-corrected chi connectivity index (χ1v) is 7.37. The fourth-order valence-corrected chi connectivity index (χ4v) is 3.95. The summed E-state index contributed by atoms with van der Waals surface area (Å²) in [4.78, 5) is 24.9. The van der Waals surface area contributed by atoms with E-state index in [-0.39, 0.29) is 22.7 Å². The zero-order valence-electron chi connectivity index (χ0n) is 11.4. The molecule has 0 bridgehead atoms. The molecule has 0 spiro atoms. The van der Waals surface area contributed by atoms with Crippen LogP contribution >= 0.6 is 15.9 Å². The van der Waals surface area contributed by atoms with Gasteiger partial charge in [-0.3, -0.25) is 9.59 Å². The van der Waals surface area contributed by atoms with E-state index >= 15 is 0 Å². The van der Waals surface area contributed by atoms with E-state index in [1.54, 1.807) is 17.7 Å². The molecule has 3 rings (SSSR count). The number of halogens is 1. The summed E-state index contributed by atoms with van der Waals surface area (Å²) >= 11 is 3.18. The van der Waals surface area contributed by atoms with Crippen LogP contribution in [-0.2, 0) is 6.54 Å². The van der Waals surface area contributed by atoms with Crippen LogP contribution in [0.25, 0.3) is 0 Å². The Morgan fingerprint density at radius 3 is 2.75 bits per heavy atom. The van der Waals surface area contributed by atoms with Crippen molar-refractivity contribution in [2.24, 2.45) is 5.41 Å². The Labute approximate surface area is 124 Å². The molecule has 1 aliphatic carbocycles. The lowest BCUT2D eigenvalue weighted by atomic mass is 9.69. The smallest absolute Gasteiger partial charge is 0.238 e. The van der Waals surface area contributed by atoms with Gasteiger partial charge in [-0.25, -0.2) is 0 Å². The van der Waals surface area contributed by atoms with Gasteiger partial charge < -0.3 is 14.4 Å². The maximum Gasteiger partial charge on any atom is 0.238 e. The van der Waals surface area contributed by atoms with E-state index in [0.717, 1.165) is 6.42 Å². The molecule has 1 N–H and O–H groups in total. The van der Waals surface area contributed by atoms with Crippen LogP contribution in [0.5, 0.6) is 5.75 Å². The van der Waals surface area contributed by atoms with Crippen LogP contribution in [0.15, 0.2) is 15.5 Å². The van der Waals surface area contributed by atoms with Gasteiger partial charge in [-0.2, -0.15) is 0 Å². The van der Waals surface area contributed by atoms with Crippen LogP contribution < -0.4 is 10.2 Å². The lowest BCUT2D eigenvalue weighted by molar-refractivity contribution is -0.0581. The van der Waals surface area contributed by atoms with Gasteiger partial charge in [-0.15, -0.1) is 0 Å². The summed E-state index contributed by atoms with van der Waals surface area (Å²) in [6.07, 6.45) is 3.60. The Morgan fingerprint density at radius 1 is 1.40 bits per heavy atom. The second kappa shape index (κ2) is 4.18. The first-order valence-electron chi connectivity index (χ1n) is 6.58. The minimum absolute atomic E-state index is 0.0551. The van der Waals surface area contributed by atoms with E-state index in [1.165, 1.54) is 7.11 Å². The zero-order chi connectivity index (χ0) is 14.7. The standard InChI is InChI=1S/C14H16BrNO4/c1-13-4-3-5-14(13,19)7-16-6-8(15)10(17)11(20-2)9(16)12(13)18/h6,19H,3-5,7H2,1-2H3. The Kier molecular flexibility index (Phi) is 2.89. The molecule has 0 radical (unpaired) electrons. The minimum Gasteiger partial charge on any atom is -0.491 e. The summed E-state index contributed by atoms with van der Waals surface area (Å²) in [6, 6.07) is 0. The normalized spacial score (nSPS) is 31.9. The van der Waals surface area contributed by atoms with Crippen LogP contribution in [0.3, 0.4) is 0 Å². The molecule has 1 saturated carbocycles. The molecule has 1 aromatic heterocycles. The van der Waals surface area contributed by atoms with Crippen molar-refractivity contribution >= 4 is 21.7 Å². The Balaban J connectivity index is 2.31. The number of hydrogen-bond donors (Lipinski definition) is 1. The van der Waals surface area contributed by atoms with Gasteiger partial charge >= 0.3 is 0 Å². The van der Waals surface area contributed by atoms with E-state index in [9.17, 15) is 14.7 Å². The number of Topliss-reactive ketones (excluding diaryl/α,β-unsaturated/α-hetero) is 1. The molecule has 20 heavy (non-hydrogen) atoms. The molecule has 0 saturated heterocycles. The van der Waals surface area contributed by atoms with Crippen LogP contribution in [0.1, 0.15) is 36.7 Å². The van der Waals surface area contributed by atoms with Crippen molar-refractivity contribution in [3.05, 3.63) is 26.6 Å².